The Morgan fingerprint density at radius 1 is 1.23 bits per heavy atom. The van der Waals surface area contributed by atoms with E-state index in [1.165, 1.54) is 6.21 Å². The summed E-state index contributed by atoms with van der Waals surface area (Å²) in [5.74, 6) is 0.333. The van der Waals surface area contributed by atoms with Crippen LogP contribution in [0.15, 0.2) is 54.7 Å². The van der Waals surface area contributed by atoms with Gasteiger partial charge in [-0.2, -0.15) is 0 Å². The third-order valence-electron chi connectivity index (χ3n) is 4.62. The highest BCUT2D eigenvalue weighted by Crippen LogP contribution is 2.26. The maximum absolute atomic E-state index is 12.5. The lowest BCUT2D eigenvalue weighted by Gasteiger charge is -2.18. The Balaban J connectivity index is 1.82. The first kappa shape index (κ1) is 21.9. The first-order chi connectivity index (χ1) is 15.0. The molecule has 3 aromatic rings. The molecule has 3 rings (SSSR count). The van der Waals surface area contributed by atoms with Crippen LogP contribution in [-0.4, -0.2) is 29.3 Å². The van der Waals surface area contributed by atoms with Gasteiger partial charge in [0.15, 0.2) is 0 Å². The molecule has 1 atom stereocenters. The second-order valence-electron chi connectivity index (χ2n) is 7.04. The largest absolute Gasteiger partial charge is 0.378 e. The van der Waals surface area contributed by atoms with Crippen molar-refractivity contribution < 1.29 is 9.53 Å². The van der Waals surface area contributed by atoms with Crippen molar-refractivity contribution in [1.29, 1.82) is 5.41 Å². The number of nitrogens with one attached hydrogen (secondary N) is 4. The third kappa shape index (κ3) is 5.86. The van der Waals surface area contributed by atoms with Gasteiger partial charge in [0.2, 0.25) is 0 Å². The van der Waals surface area contributed by atoms with E-state index in [-0.39, 0.29) is 18.7 Å². The van der Waals surface area contributed by atoms with Gasteiger partial charge in [0.1, 0.15) is 5.82 Å². The van der Waals surface area contributed by atoms with E-state index in [4.69, 9.17) is 10.1 Å². The Kier molecular flexibility index (Phi) is 7.29. The minimum Gasteiger partial charge on any atom is -0.378 e. The monoisotopic (exact) mass is 418 g/mol. The summed E-state index contributed by atoms with van der Waals surface area (Å²) in [5, 5.41) is 16.8. The number of amides is 2. The van der Waals surface area contributed by atoms with Crippen LogP contribution in [0.2, 0.25) is 0 Å². The zero-order valence-corrected chi connectivity index (χ0v) is 17.8. The number of ether oxygens (including phenoxy) is 1. The molecule has 0 saturated carbocycles. The quantitative estimate of drug-likeness (QED) is 0.401. The maximum Gasteiger partial charge on any atom is 0.320 e. The Labute approximate surface area is 181 Å². The summed E-state index contributed by atoms with van der Waals surface area (Å²) in [6.07, 6.45) is 2.92. The predicted molar refractivity (Wildman–Crippen MR) is 122 cm³/mol. The Hall–Kier alpha value is -3.78. The fourth-order valence-corrected chi connectivity index (χ4v) is 3.12. The molecule has 4 N–H and O–H groups in total. The van der Waals surface area contributed by atoms with Crippen LogP contribution >= 0.6 is 0 Å². The molecule has 0 radical (unpaired) electrons. The Morgan fingerprint density at radius 3 is 2.68 bits per heavy atom. The first-order valence-electron chi connectivity index (χ1n) is 9.85. The zero-order chi connectivity index (χ0) is 22.2. The standard InChI is InChI=1S/C23H26N6O2/c1-15-11-19(9-10-25-15)27-22-18(13-24)12-21(28-20(22)14-31-3)29-23(30)26-16(2)17-7-5-4-6-8-17/h4-13,16,24H,14H2,1-3H3,(H,25,27)(H2,26,28,29,30)/t16-/m1/s1. The topological polar surface area (TPSA) is 112 Å². The first-order valence-corrected chi connectivity index (χ1v) is 9.85. The summed E-state index contributed by atoms with van der Waals surface area (Å²) in [4.78, 5) is 21.2. The molecule has 8 nitrogen and oxygen atoms in total. The Bertz CT molecular complexity index is 1060. The summed E-state index contributed by atoms with van der Waals surface area (Å²) in [7, 11) is 1.57. The minimum absolute atomic E-state index is 0.169. The molecular formula is C23H26N6O2. The number of anilines is 3. The van der Waals surface area contributed by atoms with Gasteiger partial charge in [0, 0.05) is 36.5 Å². The molecule has 31 heavy (non-hydrogen) atoms. The van der Waals surface area contributed by atoms with Gasteiger partial charge in [-0.3, -0.25) is 10.3 Å². The van der Waals surface area contributed by atoms with Gasteiger partial charge in [-0.15, -0.1) is 0 Å². The molecular weight excluding hydrogens is 392 g/mol. The molecule has 0 fully saturated rings. The summed E-state index contributed by atoms with van der Waals surface area (Å²) in [5.41, 5.74) is 4.48. The predicted octanol–water partition coefficient (Wildman–Crippen LogP) is 4.56. The number of carbonyl (C=O) groups excluding carboxylic acids is 1. The van der Waals surface area contributed by atoms with Gasteiger partial charge in [-0.1, -0.05) is 30.3 Å². The van der Waals surface area contributed by atoms with E-state index in [9.17, 15) is 4.79 Å². The van der Waals surface area contributed by atoms with Gasteiger partial charge in [0.05, 0.1) is 24.0 Å². The van der Waals surface area contributed by atoms with Crippen LogP contribution in [0.5, 0.6) is 0 Å². The molecule has 2 amide bonds. The molecule has 0 unspecified atom stereocenters. The van der Waals surface area contributed by atoms with Crippen molar-refractivity contribution >= 4 is 29.4 Å². The van der Waals surface area contributed by atoms with Crippen molar-refractivity contribution in [2.24, 2.45) is 0 Å². The fourth-order valence-electron chi connectivity index (χ4n) is 3.12. The molecule has 0 aliphatic rings. The molecule has 0 aliphatic carbocycles. The molecule has 1 aromatic carbocycles. The second-order valence-corrected chi connectivity index (χ2v) is 7.04. The van der Waals surface area contributed by atoms with Crippen molar-refractivity contribution in [2.45, 2.75) is 26.5 Å². The van der Waals surface area contributed by atoms with E-state index >= 15 is 0 Å². The number of methoxy groups -OCH3 is 1. The highest BCUT2D eigenvalue weighted by molar-refractivity contribution is 5.93. The zero-order valence-electron chi connectivity index (χ0n) is 17.8. The number of pyridine rings is 2. The lowest BCUT2D eigenvalue weighted by molar-refractivity contribution is 0.182. The Morgan fingerprint density at radius 2 is 2.00 bits per heavy atom. The molecule has 160 valence electrons. The van der Waals surface area contributed by atoms with Gasteiger partial charge in [-0.25, -0.2) is 9.78 Å². The molecule has 8 heteroatoms. The highest BCUT2D eigenvalue weighted by atomic mass is 16.5. The summed E-state index contributed by atoms with van der Waals surface area (Å²) < 4.78 is 5.29. The van der Waals surface area contributed by atoms with E-state index in [0.717, 1.165) is 16.9 Å². The average molecular weight is 419 g/mol. The number of benzene rings is 1. The maximum atomic E-state index is 12.5. The molecule has 0 aliphatic heterocycles. The van der Waals surface area contributed by atoms with Crippen molar-refractivity contribution in [3.05, 3.63) is 77.2 Å². The van der Waals surface area contributed by atoms with Gasteiger partial charge < -0.3 is 20.8 Å². The van der Waals surface area contributed by atoms with Crippen LogP contribution in [0.3, 0.4) is 0 Å². The highest BCUT2D eigenvalue weighted by Gasteiger charge is 2.15. The van der Waals surface area contributed by atoms with Crippen molar-refractivity contribution in [2.75, 3.05) is 17.7 Å². The van der Waals surface area contributed by atoms with Crippen molar-refractivity contribution in [1.82, 2.24) is 15.3 Å². The lowest BCUT2D eigenvalue weighted by atomic mass is 10.1. The number of nitrogens with zero attached hydrogens (tertiary/aromatic N) is 2. The van der Waals surface area contributed by atoms with E-state index < -0.39 is 0 Å². The van der Waals surface area contributed by atoms with E-state index in [1.807, 2.05) is 56.3 Å². The molecule has 2 heterocycles. The summed E-state index contributed by atoms with van der Waals surface area (Å²) in [6, 6.07) is 14.5. The van der Waals surface area contributed by atoms with Crippen LogP contribution < -0.4 is 16.0 Å². The summed E-state index contributed by atoms with van der Waals surface area (Å²) >= 11 is 0. The van der Waals surface area contributed by atoms with Gasteiger partial charge in [0.25, 0.3) is 0 Å². The number of rotatable bonds is 8. The third-order valence-corrected chi connectivity index (χ3v) is 4.62. The number of aryl methyl sites for hydroxylation is 1. The van der Waals surface area contributed by atoms with E-state index in [2.05, 4.69) is 25.9 Å². The average Bonchev–Trinajstić information content (AvgIpc) is 2.76. The second kappa shape index (κ2) is 10.3. The van der Waals surface area contributed by atoms with Crippen LogP contribution in [0.4, 0.5) is 22.0 Å². The molecule has 0 saturated heterocycles. The molecule has 0 spiro atoms. The van der Waals surface area contributed by atoms with E-state index in [0.29, 0.717) is 22.8 Å². The van der Waals surface area contributed by atoms with Crippen LogP contribution in [-0.2, 0) is 11.3 Å². The number of urea groups is 1. The van der Waals surface area contributed by atoms with Crippen molar-refractivity contribution in [3.63, 3.8) is 0 Å². The van der Waals surface area contributed by atoms with E-state index in [1.54, 1.807) is 19.4 Å². The minimum atomic E-state index is -0.381. The number of aromatic nitrogens is 2. The number of hydrogen-bond donors (Lipinski definition) is 4. The molecule has 0 bridgehead atoms. The van der Waals surface area contributed by atoms with Crippen LogP contribution in [0.25, 0.3) is 0 Å². The smallest absolute Gasteiger partial charge is 0.320 e. The van der Waals surface area contributed by atoms with Crippen LogP contribution in [0, 0.1) is 12.3 Å². The summed E-state index contributed by atoms with van der Waals surface area (Å²) in [6.45, 7) is 4.02. The van der Waals surface area contributed by atoms with Crippen LogP contribution in [0.1, 0.15) is 35.5 Å². The van der Waals surface area contributed by atoms with Gasteiger partial charge >= 0.3 is 6.03 Å². The number of hydrogen-bond acceptors (Lipinski definition) is 6. The normalized spacial score (nSPS) is 11.5. The number of carbonyl (C=O) groups is 1. The SMILES string of the molecule is COCc1nc(NC(=O)N[C@H](C)c2ccccc2)cc(C=N)c1Nc1ccnc(C)c1. The molecule has 2 aromatic heterocycles. The lowest BCUT2D eigenvalue weighted by Crippen LogP contribution is -2.31. The van der Waals surface area contributed by atoms with Crippen molar-refractivity contribution in [3.8, 4) is 0 Å². The van der Waals surface area contributed by atoms with Gasteiger partial charge in [-0.05, 0) is 37.6 Å². The fraction of sp³-hybridized carbons (Fsp3) is 0.217.